The summed E-state index contributed by atoms with van der Waals surface area (Å²) in [6, 6.07) is 1.34. The van der Waals surface area contributed by atoms with Gasteiger partial charge in [-0.05, 0) is 19.8 Å². The second kappa shape index (κ2) is 5.96. The number of piperidine rings is 1. The molecule has 2 fully saturated rings. The molecule has 1 unspecified atom stereocenters. The molecule has 0 aromatic heterocycles. The second-order valence-electron chi connectivity index (χ2n) is 5.01. The van der Waals surface area contributed by atoms with Gasteiger partial charge in [0.2, 0.25) is 0 Å². The Hall–Kier alpha value is -0.160. The highest BCUT2D eigenvalue weighted by Gasteiger charge is 2.28. The molecule has 0 bridgehead atoms. The molecule has 0 saturated carbocycles. The standard InChI is InChI=1S/C12H24N3O/c1-11-10-15(7-6-14(11)8-9-16)12-2-4-13-5-3-12/h11-12,16H,2-10H2,1H3. The highest BCUT2D eigenvalue weighted by Crippen LogP contribution is 2.17. The summed E-state index contributed by atoms with van der Waals surface area (Å²) < 4.78 is 0. The second-order valence-corrected chi connectivity index (χ2v) is 5.01. The van der Waals surface area contributed by atoms with Gasteiger partial charge in [-0.2, -0.15) is 0 Å². The smallest absolute Gasteiger partial charge is 0.0558 e. The van der Waals surface area contributed by atoms with Crippen molar-refractivity contribution in [2.24, 2.45) is 0 Å². The zero-order valence-corrected chi connectivity index (χ0v) is 10.3. The summed E-state index contributed by atoms with van der Waals surface area (Å²) in [5, 5.41) is 13.4. The van der Waals surface area contributed by atoms with Gasteiger partial charge in [0.25, 0.3) is 0 Å². The van der Waals surface area contributed by atoms with Crippen LogP contribution in [-0.2, 0) is 0 Å². The van der Waals surface area contributed by atoms with Crippen LogP contribution in [0.2, 0.25) is 0 Å². The van der Waals surface area contributed by atoms with Gasteiger partial charge >= 0.3 is 0 Å². The summed E-state index contributed by atoms with van der Waals surface area (Å²) in [5.41, 5.74) is 0. The summed E-state index contributed by atoms with van der Waals surface area (Å²) in [6.45, 7) is 8.91. The molecule has 0 aromatic carbocycles. The fourth-order valence-electron chi connectivity index (χ4n) is 2.92. The lowest BCUT2D eigenvalue weighted by molar-refractivity contribution is 0.0364. The van der Waals surface area contributed by atoms with Crippen LogP contribution in [-0.4, -0.2) is 72.9 Å². The van der Waals surface area contributed by atoms with Crippen molar-refractivity contribution in [3.8, 4) is 0 Å². The lowest BCUT2D eigenvalue weighted by atomic mass is 10.0. The maximum atomic E-state index is 8.98. The third-order valence-corrected chi connectivity index (χ3v) is 3.94. The Balaban J connectivity index is 1.81. The summed E-state index contributed by atoms with van der Waals surface area (Å²) in [5.74, 6) is 0. The lowest BCUT2D eigenvalue weighted by Crippen LogP contribution is -2.56. The quantitative estimate of drug-likeness (QED) is 0.721. The molecule has 16 heavy (non-hydrogen) atoms. The largest absolute Gasteiger partial charge is 0.395 e. The van der Waals surface area contributed by atoms with Crippen LogP contribution in [0.4, 0.5) is 0 Å². The number of aliphatic hydroxyl groups is 1. The van der Waals surface area contributed by atoms with Crippen molar-refractivity contribution < 1.29 is 5.11 Å². The van der Waals surface area contributed by atoms with Crippen molar-refractivity contribution in [2.45, 2.75) is 31.8 Å². The van der Waals surface area contributed by atoms with Gasteiger partial charge in [-0.15, -0.1) is 0 Å². The molecule has 2 heterocycles. The van der Waals surface area contributed by atoms with E-state index in [-0.39, 0.29) is 6.61 Å². The molecule has 2 saturated heterocycles. The first-order valence-electron chi connectivity index (χ1n) is 6.53. The average Bonchev–Trinajstić information content (AvgIpc) is 2.33. The van der Waals surface area contributed by atoms with Gasteiger partial charge in [0.15, 0.2) is 0 Å². The first-order chi connectivity index (χ1) is 7.81. The van der Waals surface area contributed by atoms with Crippen LogP contribution in [0.25, 0.3) is 0 Å². The molecule has 1 N–H and O–H groups in total. The van der Waals surface area contributed by atoms with E-state index in [0.717, 1.165) is 45.3 Å². The van der Waals surface area contributed by atoms with Gasteiger partial charge < -0.3 is 5.11 Å². The zero-order valence-electron chi connectivity index (χ0n) is 10.3. The normalized spacial score (nSPS) is 30.8. The maximum Gasteiger partial charge on any atom is 0.0558 e. The van der Waals surface area contributed by atoms with Crippen LogP contribution in [0, 0.1) is 0 Å². The van der Waals surface area contributed by atoms with E-state index in [1.807, 2.05) is 0 Å². The molecule has 4 heteroatoms. The lowest BCUT2D eigenvalue weighted by Gasteiger charge is -2.44. The van der Waals surface area contributed by atoms with Crippen LogP contribution in [0.1, 0.15) is 19.8 Å². The van der Waals surface area contributed by atoms with Gasteiger partial charge in [-0.25, -0.2) is 5.32 Å². The van der Waals surface area contributed by atoms with E-state index in [4.69, 9.17) is 5.11 Å². The first-order valence-corrected chi connectivity index (χ1v) is 6.53. The van der Waals surface area contributed by atoms with Crippen LogP contribution >= 0.6 is 0 Å². The molecule has 2 aliphatic rings. The van der Waals surface area contributed by atoms with Gasteiger partial charge in [0, 0.05) is 51.4 Å². The van der Waals surface area contributed by atoms with Crippen molar-refractivity contribution in [3.05, 3.63) is 0 Å². The Kier molecular flexibility index (Phi) is 4.58. The highest BCUT2D eigenvalue weighted by molar-refractivity contribution is 4.85. The highest BCUT2D eigenvalue weighted by atomic mass is 16.3. The number of piperazine rings is 1. The van der Waals surface area contributed by atoms with Crippen LogP contribution in [0.15, 0.2) is 0 Å². The van der Waals surface area contributed by atoms with Crippen LogP contribution < -0.4 is 5.32 Å². The minimum absolute atomic E-state index is 0.284. The molecule has 0 spiro atoms. The first kappa shape index (κ1) is 12.3. The van der Waals surface area contributed by atoms with Crippen molar-refractivity contribution in [1.82, 2.24) is 15.1 Å². The number of hydrogen-bond acceptors (Lipinski definition) is 3. The number of rotatable bonds is 3. The number of nitrogens with zero attached hydrogens (tertiary/aromatic N) is 3. The van der Waals surface area contributed by atoms with Gasteiger partial charge in [-0.3, -0.25) is 9.80 Å². The van der Waals surface area contributed by atoms with Gasteiger partial charge in [0.05, 0.1) is 6.61 Å². The Labute approximate surface area is 98.6 Å². The zero-order chi connectivity index (χ0) is 11.4. The van der Waals surface area contributed by atoms with Crippen molar-refractivity contribution in [2.75, 3.05) is 45.9 Å². The number of aliphatic hydroxyl groups excluding tert-OH is 1. The summed E-state index contributed by atoms with van der Waals surface area (Å²) in [4.78, 5) is 5.02. The Morgan fingerprint density at radius 2 is 2.00 bits per heavy atom. The fourth-order valence-corrected chi connectivity index (χ4v) is 2.92. The van der Waals surface area contributed by atoms with E-state index in [9.17, 15) is 0 Å². The molecule has 1 atom stereocenters. The Morgan fingerprint density at radius 3 is 2.62 bits per heavy atom. The summed E-state index contributed by atoms with van der Waals surface area (Å²) in [6.07, 6.45) is 2.49. The van der Waals surface area contributed by atoms with Crippen molar-refractivity contribution in [1.29, 1.82) is 0 Å². The number of β-amino-alcohol motifs (C(OH)–C–C–N with tert-alkyl or cyclic N) is 1. The van der Waals surface area contributed by atoms with Crippen LogP contribution in [0.3, 0.4) is 0 Å². The van der Waals surface area contributed by atoms with E-state index < -0.39 is 0 Å². The van der Waals surface area contributed by atoms with E-state index in [0.29, 0.717) is 6.04 Å². The molecule has 0 amide bonds. The topological polar surface area (TPSA) is 40.8 Å². The van der Waals surface area contributed by atoms with E-state index in [1.165, 1.54) is 12.8 Å². The van der Waals surface area contributed by atoms with Crippen molar-refractivity contribution in [3.63, 3.8) is 0 Å². The monoisotopic (exact) mass is 226 g/mol. The molecule has 2 aliphatic heterocycles. The molecular formula is C12H24N3O. The predicted octanol–water partition coefficient (Wildman–Crippen LogP) is -0.248. The summed E-state index contributed by atoms with van der Waals surface area (Å²) >= 11 is 0. The van der Waals surface area contributed by atoms with Gasteiger partial charge in [-0.1, -0.05) is 0 Å². The van der Waals surface area contributed by atoms with Gasteiger partial charge in [0.1, 0.15) is 0 Å². The molecule has 2 rings (SSSR count). The molecular weight excluding hydrogens is 202 g/mol. The summed E-state index contributed by atoms with van der Waals surface area (Å²) in [7, 11) is 0. The van der Waals surface area contributed by atoms with Crippen LogP contribution in [0.5, 0.6) is 0 Å². The molecule has 4 nitrogen and oxygen atoms in total. The predicted molar refractivity (Wildman–Crippen MR) is 64.6 cm³/mol. The molecule has 0 aliphatic carbocycles. The SMILES string of the molecule is CC1CN(C2CC[N]CC2)CCN1CCO. The maximum absolute atomic E-state index is 8.98. The number of hydrogen-bond donors (Lipinski definition) is 1. The van der Waals surface area contributed by atoms with E-state index in [2.05, 4.69) is 22.0 Å². The fraction of sp³-hybridized carbons (Fsp3) is 1.00. The minimum Gasteiger partial charge on any atom is -0.395 e. The molecule has 1 radical (unpaired) electrons. The molecule has 93 valence electrons. The Morgan fingerprint density at radius 1 is 1.25 bits per heavy atom. The minimum atomic E-state index is 0.284. The third-order valence-electron chi connectivity index (χ3n) is 3.94. The van der Waals surface area contributed by atoms with E-state index in [1.54, 1.807) is 0 Å². The van der Waals surface area contributed by atoms with E-state index >= 15 is 0 Å². The third kappa shape index (κ3) is 2.94. The molecule has 0 aromatic rings. The Bertz CT molecular complexity index is 206. The van der Waals surface area contributed by atoms with Crippen molar-refractivity contribution >= 4 is 0 Å². The average molecular weight is 226 g/mol.